The van der Waals surface area contributed by atoms with E-state index in [4.69, 9.17) is 9.47 Å². The molecular formula is C18H24N2O4. The first-order chi connectivity index (χ1) is 11.5. The number of nitrogens with zero attached hydrogens (tertiary/aromatic N) is 1. The molecule has 6 nitrogen and oxygen atoms in total. The lowest BCUT2D eigenvalue weighted by Crippen LogP contribution is -2.47. The van der Waals surface area contributed by atoms with Crippen LogP contribution in [0.1, 0.15) is 30.4 Å². The Kier molecular flexibility index (Phi) is 4.87. The second kappa shape index (κ2) is 6.91. The summed E-state index contributed by atoms with van der Waals surface area (Å²) in [5.41, 5.74) is 2.81. The number of carbonyl (C=O) groups is 2. The molecule has 2 aliphatic rings. The summed E-state index contributed by atoms with van der Waals surface area (Å²) in [4.78, 5) is 26.2. The molecule has 6 heteroatoms. The van der Waals surface area contributed by atoms with Crippen molar-refractivity contribution >= 4 is 17.5 Å². The van der Waals surface area contributed by atoms with Gasteiger partial charge in [0.05, 0.1) is 13.2 Å². The smallest absolute Gasteiger partial charge is 0.233 e. The van der Waals surface area contributed by atoms with Crippen LogP contribution >= 0.6 is 0 Å². The summed E-state index contributed by atoms with van der Waals surface area (Å²) in [5.74, 6) is -0.925. The van der Waals surface area contributed by atoms with Crippen molar-refractivity contribution in [3.8, 4) is 0 Å². The molecule has 0 radical (unpaired) electrons. The first-order valence-corrected chi connectivity index (χ1v) is 8.40. The van der Waals surface area contributed by atoms with Gasteiger partial charge in [-0.3, -0.25) is 9.59 Å². The normalized spacial score (nSPS) is 19.5. The van der Waals surface area contributed by atoms with E-state index in [1.807, 2.05) is 32.0 Å². The highest BCUT2D eigenvalue weighted by Gasteiger charge is 2.40. The number of amides is 2. The molecule has 2 aliphatic heterocycles. The Hall–Kier alpha value is -1.92. The summed E-state index contributed by atoms with van der Waals surface area (Å²) in [5, 5.41) is 2.83. The molecule has 0 bridgehead atoms. The van der Waals surface area contributed by atoms with Gasteiger partial charge in [0, 0.05) is 31.6 Å². The Morgan fingerprint density at radius 2 is 1.83 bits per heavy atom. The van der Waals surface area contributed by atoms with E-state index in [1.165, 1.54) is 0 Å². The van der Waals surface area contributed by atoms with Gasteiger partial charge >= 0.3 is 0 Å². The summed E-state index contributed by atoms with van der Waals surface area (Å²) in [6.07, 6.45) is 1.19. The standard InChI is InChI=1S/C18H24N2O4/c1-13-3-4-14(2)15(11-13)19-16(21)12-17(22)20-7-5-18(6-8-20)23-9-10-24-18/h3-4,11H,5-10,12H2,1-2H3,(H,19,21). The van der Waals surface area contributed by atoms with Gasteiger partial charge in [-0.2, -0.15) is 0 Å². The first kappa shape index (κ1) is 16.9. The van der Waals surface area contributed by atoms with Crippen molar-refractivity contribution in [3.05, 3.63) is 29.3 Å². The molecule has 2 heterocycles. The third-order valence-corrected chi connectivity index (χ3v) is 4.67. The lowest BCUT2D eigenvalue weighted by molar-refractivity contribution is -0.187. The number of likely N-dealkylation sites (tertiary alicyclic amines) is 1. The quantitative estimate of drug-likeness (QED) is 0.860. The summed E-state index contributed by atoms with van der Waals surface area (Å²) < 4.78 is 11.3. The second-order valence-corrected chi connectivity index (χ2v) is 6.53. The third-order valence-electron chi connectivity index (χ3n) is 4.67. The molecule has 1 aromatic carbocycles. The number of hydrogen-bond acceptors (Lipinski definition) is 4. The Labute approximate surface area is 142 Å². The minimum atomic E-state index is -0.502. The number of benzene rings is 1. The maximum atomic E-state index is 12.3. The minimum Gasteiger partial charge on any atom is -0.347 e. The van der Waals surface area contributed by atoms with Crippen LogP contribution < -0.4 is 5.32 Å². The Morgan fingerprint density at radius 3 is 2.50 bits per heavy atom. The average molecular weight is 332 g/mol. The van der Waals surface area contributed by atoms with E-state index < -0.39 is 5.79 Å². The number of nitrogens with one attached hydrogen (secondary N) is 1. The Balaban J connectivity index is 1.51. The Morgan fingerprint density at radius 1 is 1.17 bits per heavy atom. The predicted molar refractivity (Wildman–Crippen MR) is 89.6 cm³/mol. The van der Waals surface area contributed by atoms with Crippen LogP contribution in [0.2, 0.25) is 0 Å². The second-order valence-electron chi connectivity index (χ2n) is 6.53. The van der Waals surface area contributed by atoms with Crippen molar-refractivity contribution in [2.45, 2.75) is 38.9 Å². The van der Waals surface area contributed by atoms with E-state index >= 15 is 0 Å². The average Bonchev–Trinajstić information content (AvgIpc) is 2.99. The molecule has 0 unspecified atom stereocenters. The van der Waals surface area contributed by atoms with E-state index in [1.54, 1.807) is 4.90 Å². The van der Waals surface area contributed by atoms with Crippen LogP contribution in [0.3, 0.4) is 0 Å². The zero-order valence-corrected chi connectivity index (χ0v) is 14.3. The molecule has 0 aromatic heterocycles. The molecule has 0 aliphatic carbocycles. The molecule has 2 amide bonds. The van der Waals surface area contributed by atoms with E-state index in [0.717, 1.165) is 16.8 Å². The molecule has 0 atom stereocenters. The predicted octanol–water partition coefficient (Wildman–Crippen LogP) is 2.00. The number of anilines is 1. The van der Waals surface area contributed by atoms with Crippen molar-refractivity contribution < 1.29 is 19.1 Å². The van der Waals surface area contributed by atoms with Crippen molar-refractivity contribution in [3.63, 3.8) is 0 Å². The van der Waals surface area contributed by atoms with E-state index in [0.29, 0.717) is 39.1 Å². The summed E-state index contributed by atoms with van der Waals surface area (Å²) in [6, 6.07) is 5.86. The highest BCUT2D eigenvalue weighted by molar-refractivity contribution is 6.03. The van der Waals surface area contributed by atoms with Gasteiger partial charge in [0.15, 0.2) is 5.79 Å². The molecule has 1 N–H and O–H groups in total. The van der Waals surface area contributed by atoms with Gasteiger partial charge in [0.2, 0.25) is 11.8 Å². The fraction of sp³-hybridized carbons (Fsp3) is 0.556. The molecule has 1 aromatic rings. The van der Waals surface area contributed by atoms with Crippen LogP contribution in [0, 0.1) is 13.8 Å². The fourth-order valence-electron chi connectivity index (χ4n) is 3.20. The lowest BCUT2D eigenvalue weighted by Gasteiger charge is -2.37. The van der Waals surface area contributed by atoms with Crippen molar-refractivity contribution in [1.29, 1.82) is 0 Å². The third kappa shape index (κ3) is 3.76. The van der Waals surface area contributed by atoms with E-state index in [2.05, 4.69) is 5.32 Å². The molecule has 130 valence electrons. The number of piperidine rings is 1. The van der Waals surface area contributed by atoms with Gasteiger partial charge in [0.25, 0.3) is 0 Å². The van der Waals surface area contributed by atoms with Crippen molar-refractivity contribution in [2.75, 3.05) is 31.6 Å². The molecular weight excluding hydrogens is 308 g/mol. The molecule has 2 saturated heterocycles. The number of ether oxygens (including phenoxy) is 2. The lowest BCUT2D eigenvalue weighted by atomic mass is 10.0. The van der Waals surface area contributed by atoms with Crippen LogP contribution in [0.15, 0.2) is 18.2 Å². The topological polar surface area (TPSA) is 67.9 Å². The number of rotatable bonds is 3. The molecule has 1 spiro atoms. The zero-order valence-electron chi connectivity index (χ0n) is 14.3. The van der Waals surface area contributed by atoms with Gasteiger partial charge < -0.3 is 19.7 Å². The van der Waals surface area contributed by atoms with Gasteiger partial charge in [0.1, 0.15) is 6.42 Å². The van der Waals surface area contributed by atoms with Gasteiger partial charge in [-0.1, -0.05) is 12.1 Å². The number of carbonyl (C=O) groups excluding carboxylic acids is 2. The van der Waals surface area contributed by atoms with Crippen molar-refractivity contribution in [2.24, 2.45) is 0 Å². The Bertz CT molecular complexity index is 628. The maximum absolute atomic E-state index is 12.3. The molecule has 2 fully saturated rings. The van der Waals surface area contributed by atoms with Crippen LogP contribution in [0.4, 0.5) is 5.69 Å². The van der Waals surface area contributed by atoms with Crippen LogP contribution in [0.5, 0.6) is 0 Å². The van der Waals surface area contributed by atoms with Gasteiger partial charge in [-0.25, -0.2) is 0 Å². The summed E-state index contributed by atoms with van der Waals surface area (Å²) >= 11 is 0. The van der Waals surface area contributed by atoms with E-state index in [9.17, 15) is 9.59 Å². The number of hydrogen-bond donors (Lipinski definition) is 1. The molecule has 24 heavy (non-hydrogen) atoms. The van der Waals surface area contributed by atoms with E-state index in [-0.39, 0.29) is 18.2 Å². The van der Waals surface area contributed by atoms with Gasteiger partial charge in [-0.15, -0.1) is 0 Å². The number of aryl methyl sites for hydroxylation is 2. The highest BCUT2D eigenvalue weighted by Crippen LogP contribution is 2.31. The van der Waals surface area contributed by atoms with Crippen molar-refractivity contribution in [1.82, 2.24) is 4.90 Å². The SMILES string of the molecule is Cc1ccc(C)c(NC(=O)CC(=O)N2CCC3(CC2)OCCO3)c1. The summed E-state index contributed by atoms with van der Waals surface area (Å²) in [6.45, 7) is 6.27. The largest absolute Gasteiger partial charge is 0.347 e. The van der Waals surface area contributed by atoms with Crippen LogP contribution in [-0.4, -0.2) is 48.8 Å². The van der Waals surface area contributed by atoms with Crippen LogP contribution in [-0.2, 0) is 19.1 Å². The highest BCUT2D eigenvalue weighted by atomic mass is 16.7. The first-order valence-electron chi connectivity index (χ1n) is 8.40. The zero-order chi connectivity index (χ0) is 17.2. The molecule has 3 rings (SSSR count). The molecule has 0 saturated carbocycles. The minimum absolute atomic E-state index is 0.137. The summed E-state index contributed by atoms with van der Waals surface area (Å²) in [7, 11) is 0. The van der Waals surface area contributed by atoms with Gasteiger partial charge in [-0.05, 0) is 31.0 Å². The van der Waals surface area contributed by atoms with Crippen LogP contribution in [0.25, 0.3) is 0 Å². The fourth-order valence-corrected chi connectivity index (χ4v) is 3.20. The monoisotopic (exact) mass is 332 g/mol. The maximum Gasteiger partial charge on any atom is 0.233 e.